The lowest BCUT2D eigenvalue weighted by atomic mass is 9.63. The van der Waals surface area contributed by atoms with Crippen LogP contribution in [0.4, 0.5) is 0 Å². The topological polar surface area (TPSA) is 44.0 Å². The van der Waals surface area contributed by atoms with Crippen LogP contribution in [-0.4, -0.2) is 10.7 Å². The number of rotatable bonds is 2. The smallest absolute Gasteiger partial charge is 0.0863 e. The van der Waals surface area contributed by atoms with Gasteiger partial charge in [-0.2, -0.15) is 5.26 Å². The van der Waals surface area contributed by atoms with Gasteiger partial charge in [-0.25, -0.2) is 0 Å². The molecule has 2 nitrogen and oxygen atoms in total. The van der Waals surface area contributed by atoms with Crippen molar-refractivity contribution in [3.8, 4) is 6.07 Å². The third kappa shape index (κ3) is 1.99. The largest absolute Gasteiger partial charge is 0.388 e. The molecule has 2 aliphatic rings. The SMILES string of the molecule is CCC1CCCC1(O)C1(C#N)CCCCCC1. The predicted octanol–water partition coefficient (Wildman–Crippen LogP) is 3.79. The van der Waals surface area contributed by atoms with Crippen LogP contribution in [0.1, 0.15) is 71.1 Å². The van der Waals surface area contributed by atoms with Gasteiger partial charge in [-0.1, -0.05) is 45.4 Å². The van der Waals surface area contributed by atoms with Crippen molar-refractivity contribution in [1.29, 1.82) is 5.26 Å². The fourth-order valence-electron chi connectivity index (χ4n) is 4.21. The van der Waals surface area contributed by atoms with Crippen LogP contribution in [0, 0.1) is 22.7 Å². The fourth-order valence-corrected chi connectivity index (χ4v) is 4.21. The molecule has 2 atom stereocenters. The second-order valence-electron chi connectivity index (χ2n) is 6.03. The van der Waals surface area contributed by atoms with Crippen molar-refractivity contribution in [1.82, 2.24) is 0 Å². The minimum Gasteiger partial charge on any atom is -0.388 e. The molecule has 0 heterocycles. The number of hydrogen-bond acceptors (Lipinski definition) is 2. The molecule has 2 rings (SSSR count). The number of nitrogens with zero attached hydrogens (tertiary/aromatic N) is 1. The van der Waals surface area contributed by atoms with E-state index in [4.69, 9.17) is 0 Å². The molecule has 2 fully saturated rings. The summed E-state index contributed by atoms with van der Waals surface area (Å²) in [5.41, 5.74) is -1.14. The summed E-state index contributed by atoms with van der Waals surface area (Å²) >= 11 is 0. The highest BCUT2D eigenvalue weighted by atomic mass is 16.3. The van der Waals surface area contributed by atoms with Gasteiger partial charge in [0.25, 0.3) is 0 Å². The molecule has 2 unspecified atom stereocenters. The van der Waals surface area contributed by atoms with E-state index in [0.717, 1.165) is 51.4 Å². The Hall–Kier alpha value is -0.550. The van der Waals surface area contributed by atoms with Crippen LogP contribution in [0.15, 0.2) is 0 Å². The average molecular weight is 235 g/mol. The maximum atomic E-state index is 11.1. The molecule has 0 radical (unpaired) electrons. The molecular weight excluding hydrogens is 210 g/mol. The molecule has 0 spiro atoms. The molecule has 17 heavy (non-hydrogen) atoms. The highest BCUT2D eigenvalue weighted by molar-refractivity contribution is 5.15. The zero-order valence-electron chi connectivity index (χ0n) is 11.0. The zero-order valence-corrected chi connectivity index (χ0v) is 11.0. The Balaban J connectivity index is 2.29. The first-order chi connectivity index (χ1) is 8.18. The van der Waals surface area contributed by atoms with Gasteiger partial charge in [-0.3, -0.25) is 0 Å². The maximum Gasteiger partial charge on any atom is 0.0863 e. The molecule has 2 saturated carbocycles. The summed E-state index contributed by atoms with van der Waals surface area (Å²) in [7, 11) is 0. The van der Waals surface area contributed by atoms with Crippen LogP contribution in [0.2, 0.25) is 0 Å². The molecule has 1 N–H and O–H groups in total. The molecule has 0 aromatic carbocycles. The van der Waals surface area contributed by atoms with E-state index < -0.39 is 11.0 Å². The number of hydrogen-bond donors (Lipinski definition) is 1. The van der Waals surface area contributed by atoms with Crippen LogP contribution >= 0.6 is 0 Å². The van der Waals surface area contributed by atoms with Crippen LogP contribution in [-0.2, 0) is 0 Å². The summed E-state index contributed by atoms with van der Waals surface area (Å²) in [5, 5.41) is 20.8. The third-order valence-electron chi connectivity index (χ3n) is 5.28. The van der Waals surface area contributed by atoms with Crippen molar-refractivity contribution >= 4 is 0 Å². The quantitative estimate of drug-likeness (QED) is 0.740. The van der Waals surface area contributed by atoms with Gasteiger partial charge in [0.2, 0.25) is 0 Å². The summed E-state index contributed by atoms with van der Waals surface area (Å²) in [6.45, 7) is 2.16. The van der Waals surface area contributed by atoms with Crippen molar-refractivity contribution in [2.24, 2.45) is 11.3 Å². The minimum absolute atomic E-state index is 0.347. The van der Waals surface area contributed by atoms with Gasteiger partial charge in [-0.05, 0) is 31.6 Å². The van der Waals surface area contributed by atoms with Crippen molar-refractivity contribution < 1.29 is 5.11 Å². The minimum atomic E-state index is -0.694. The van der Waals surface area contributed by atoms with Crippen molar-refractivity contribution in [3.05, 3.63) is 0 Å². The molecule has 96 valence electrons. The molecule has 0 saturated heterocycles. The highest BCUT2D eigenvalue weighted by Crippen LogP contribution is 2.54. The lowest BCUT2D eigenvalue weighted by Gasteiger charge is -2.44. The van der Waals surface area contributed by atoms with Gasteiger partial charge in [-0.15, -0.1) is 0 Å². The van der Waals surface area contributed by atoms with E-state index in [1.165, 1.54) is 12.8 Å². The normalized spacial score (nSPS) is 37.4. The van der Waals surface area contributed by atoms with E-state index in [1.807, 2.05) is 0 Å². The number of nitriles is 1. The second-order valence-corrected chi connectivity index (χ2v) is 6.03. The van der Waals surface area contributed by atoms with E-state index in [2.05, 4.69) is 13.0 Å². The zero-order chi connectivity index (χ0) is 12.4. The van der Waals surface area contributed by atoms with Gasteiger partial charge in [0.1, 0.15) is 0 Å². The van der Waals surface area contributed by atoms with E-state index in [1.54, 1.807) is 0 Å². The lowest BCUT2D eigenvalue weighted by Crippen LogP contribution is -2.50. The van der Waals surface area contributed by atoms with Gasteiger partial charge < -0.3 is 5.11 Å². The van der Waals surface area contributed by atoms with Gasteiger partial charge in [0.15, 0.2) is 0 Å². The van der Waals surface area contributed by atoms with E-state index in [-0.39, 0.29) is 0 Å². The summed E-state index contributed by atoms with van der Waals surface area (Å²) < 4.78 is 0. The summed E-state index contributed by atoms with van der Waals surface area (Å²) in [6.07, 6.45) is 10.6. The molecule has 0 aromatic heterocycles. The first-order valence-corrected chi connectivity index (χ1v) is 7.32. The Bertz CT molecular complexity index is 299. The van der Waals surface area contributed by atoms with Gasteiger partial charge in [0.05, 0.1) is 17.1 Å². The first-order valence-electron chi connectivity index (χ1n) is 7.32. The van der Waals surface area contributed by atoms with Gasteiger partial charge >= 0.3 is 0 Å². The molecule has 0 aliphatic heterocycles. The monoisotopic (exact) mass is 235 g/mol. The van der Waals surface area contributed by atoms with Crippen molar-refractivity contribution in [2.75, 3.05) is 0 Å². The lowest BCUT2D eigenvalue weighted by molar-refractivity contribution is -0.0932. The molecule has 0 bridgehead atoms. The van der Waals surface area contributed by atoms with Crippen molar-refractivity contribution in [2.45, 2.75) is 76.7 Å². The van der Waals surface area contributed by atoms with Crippen LogP contribution in [0.5, 0.6) is 0 Å². The Morgan fingerprint density at radius 2 is 1.76 bits per heavy atom. The molecular formula is C15H25NO. The van der Waals surface area contributed by atoms with Crippen LogP contribution < -0.4 is 0 Å². The molecule has 2 aliphatic carbocycles. The molecule has 2 heteroatoms. The summed E-state index contributed by atoms with van der Waals surface area (Å²) in [5.74, 6) is 0.347. The Morgan fingerprint density at radius 1 is 1.12 bits per heavy atom. The summed E-state index contributed by atoms with van der Waals surface area (Å²) in [4.78, 5) is 0. The van der Waals surface area contributed by atoms with E-state index in [9.17, 15) is 10.4 Å². The van der Waals surface area contributed by atoms with Crippen LogP contribution in [0.3, 0.4) is 0 Å². The summed E-state index contributed by atoms with van der Waals surface area (Å²) in [6, 6.07) is 2.55. The molecule has 0 aromatic rings. The Kier molecular flexibility index (Phi) is 3.78. The van der Waals surface area contributed by atoms with E-state index in [0.29, 0.717) is 5.92 Å². The third-order valence-corrected chi connectivity index (χ3v) is 5.28. The highest BCUT2D eigenvalue weighted by Gasteiger charge is 2.56. The van der Waals surface area contributed by atoms with Crippen LogP contribution in [0.25, 0.3) is 0 Å². The first kappa shape index (κ1) is 12.9. The Morgan fingerprint density at radius 3 is 2.29 bits per heavy atom. The standard InChI is InChI=1S/C15H25NO/c1-2-13-8-7-11-15(13,17)14(12-16)9-5-3-4-6-10-14/h13,17H,2-11H2,1H3. The Labute approximate surface area is 105 Å². The average Bonchev–Trinajstić information content (AvgIpc) is 2.59. The van der Waals surface area contributed by atoms with Gasteiger partial charge in [0, 0.05) is 0 Å². The fraction of sp³-hybridized carbons (Fsp3) is 0.933. The molecule has 0 amide bonds. The van der Waals surface area contributed by atoms with E-state index >= 15 is 0 Å². The second kappa shape index (κ2) is 4.98. The predicted molar refractivity (Wildman–Crippen MR) is 68.3 cm³/mol. The number of aliphatic hydroxyl groups is 1. The van der Waals surface area contributed by atoms with Crippen molar-refractivity contribution in [3.63, 3.8) is 0 Å². The maximum absolute atomic E-state index is 11.1.